The molecule has 0 radical (unpaired) electrons. The molecule has 0 amide bonds. The van der Waals surface area contributed by atoms with Crippen molar-refractivity contribution in [1.29, 1.82) is 0 Å². The summed E-state index contributed by atoms with van der Waals surface area (Å²) in [6.45, 7) is 8.67. The number of hydrogen-bond donors (Lipinski definition) is 0. The molecule has 0 atom stereocenters. The van der Waals surface area contributed by atoms with Crippen LogP contribution in [0.5, 0.6) is 11.5 Å². The number of aromatic nitrogens is 2. The summed E-state index contributed by atoms with van der Waals surface area (Å²) in [5.41, 5.74) is 12.1. The van der Waals surface area contributed by atoms with Gasteiger partial charge in [0.2, 0.25) is 0 Å². The molecule has 11 rings (SSSR count). The number of thiophene rings is 1. The van der Waals surface area contributed by atoms with Crippen molar-refractivity contribution in [3.63, 3.8) is 0 Å². The van der Waals surface area contributed by atoms with Gasteiger partial charge in [-0.15, -0.1) is 54.0 Å². The van der Waals surface area contributed by atoms with Crippen LogP contribution in [0.2, 0.25) is 0 Å². The fourth-order valence-corrected chi connectivity index (χ4v) is 9.50. The number of para-hydroxylation sites is 4. The van der Waals surface area contributed by atoms with E-state index in [0.29, 0.717) is 11.5 Å². The number of anilines is 4. The van der Waals surface area contributed by atoms with Crippen molar-refractivity contribution in [3.8, 4) is 11.5 Å². The van der Waals surface area contributed by atoms with Crippen LogP contribution in [0.25, 0.3) is 58.5 Å². The number of imidazole rings is 1. The molecule has 0 spiro atoms. The SMILES string of the molecule is Cc1cc(C)c(N2[CH-]N(c3[c-]c(Oc4[c-]c5c(cc4)c4ccc6sc7ccccc7c6c4n4c6ccccc6nc54)ccc3)c3ccccc32)c(C)c1.[Pt]. The first-order valence-corrected chi connectivity index (χ1v) is 18.6. The smallest absolute Gasteiger partial charge is 0.0774 e. The zero-order valence-corrected chi connectivity index (χ0v) is 32.7. The third-order valence-corrected chi connectivity index (χ3v) is 11.6. The minimum absolute atomic E-state index is 0. The molecule has 4 heterocycles. The Bertz CT molecular complexity index is 3120. The molecule has 5 nitrogen and oxygen atoms in total. The molecule has 1 aliphatic heterocycles. The Labute approximate surface area is 330 Å². The molecule has 7 aromatic carbocycles. The van der Waals surface area contributed by atoms with Gasteiger partial charge in [-0.2, -0.15) is 6.07 Å². The second-order valence-corrected chi connectivity index (χ2v) is 15.0. The Morgan fingerprint density at radius 3 is 2.22 bits per heavy atom. The summed E-state index contributed by atoms with van der Waals surface area (Å²) < 4.78 is 11.5. The van der Waals surface area contributed by atoms with Gasteiger partial charge < -0.3 is 18.9 Å². The van der Waals surface area contributed by atoms with Crippen LogP contribution in [0.15, 0.2) is 127 Å². The summed E-state index contributed by atoms with van der Waals surface area (Å²) in [6, 6.07) is 52.0. The van der Waals surface area contributed by atoms with E-state index < -0.39 is 0 Å². The van der Waals surface area contributed by atoms with Crippen molar-refractivity contribution < 1.29 is 25.8 Å². The fourth-order valence-electron chi connectivity index (χ4n) is 8.39. The molecule has 54 heavy (non-hydrogen) atoms. The molecule has 0 saturated heterocycles. The quantitative estimate of drug-likeness (QED) is 0.130. The number of aryl methyl sites for hydroxylation is 3. The van der Waals surface area contributed by atoms with Crippen molar-refractivity contribution in [2.75, 3.05) is 9.80 Å². The van der Waals surface area contributed by atoms with E-state index in [2.05, 4.69) is 157 Å². The average Bonchev–Trinajstić information content (AvgIpc) is 3.87. The predicted octanol–water partition coefficient (Wildman–Crippen LogP) is 12.9. The van der Waals surface area contributed by atoms with Crippen LogP contribution in [0.4, 0.5) is 22.7 Å². The van der Waals surface area contributed by atoms with Gasteiger partial charge in [0, 0.05) is 75.3 Å². The molecule has 0 aliphatic carbocycles. The number of benzene rings is 7. The Morgan fingerprint density at radius 1 is 0.648 bits per heavy atom. The molecular formula is C47H31N4OPtS-3. The van der Waals surface area contributed by atoms with Gasteiger partial charge in [0.1, 0.15) is 0 Å². The summed E-state index contributed by atoms with van der Waals surface area (Å²) in [4.78, 5) is 9.68. The Balaban J connectivity index is 0.00000361. The summed E-state index contributed by atoms with van der Waals surface area (Å²) >= 11 is 1.84. The van der Waals surface area contributed by atoms with Gasteiger partial charge in [0.15, 0.2) is 0 Å². The molecule has 10 aromatic rings. The van der Waals surface area contributed by atoms with Crippen molar-refractivity contribution in [2.45, 2.75) is 20.8 Å². The van der Waals surface area contributed by atoms with Crippen LogP contribution >= 0.6 is 11.3 Å². The second-order valence-electron chi connectivity index (χ2n) is 13.9. The van der Waals surface area contributed by atoms with Gasteiger partial charge in [0.05, 0.1) is 16.7 Å². The van der Waals surface area contributed by atoms with Gasteiger partial charge in [-0.05, 0) is 73.7 Å². The van der Waals surface area contributed by atoms with E-state index in [1.165, 1.54) is 48.1 Å². The van der Waals surface area contributed by atoms with Crippen LogP contribution in [0.3, 0.4) is 0 Å². The zero-order chi connectivity index (χ0) is 35.4. The molecular weight excluding hydrogens is 864 g/mol. The van der Waals surface area contributed by atoms with Gasteiger partial charge in [-0.1, -0.05) is 83.1 Å². The van der Waals surface area contributed by atoms with E-state index in [0.717, 1.165) is 49.9 Å². The number of nitrogens with zero attached hydrogens (tertiary/aromatic N) is 4. The molecule has 0 N–H and O–H groups in total. The molecule has 0 bridgehead atoms. The van der Waals surface area contributed by atoms with E-state index in [1.807, 2.05) is 35.6 Å². The monoisotopic (exact) mass is 894 g/mol. The third-order valence-electron chi connectivity index (χ3n) is 10.5. The number of fused-ring (bicyclic) bond motifs is 13. The van der Waals surface area contributed by atoms with Crippen molar-refractivity contribution in [1.82, 2.24) is 9.38 Å². The fraction of sp³-hybridized carbons (Fsp3) is 0.0638. The minimum atomic E-state index is 0. The number of hydrogen-bond acceptors (Lipinski definition) is 5. The maximum atomic E-state index is 6.59. The summed E-state index contributed by atoms with van der Waals surface area (Å²) in [6.07, 6.45) is 0. The molecule has 7 heteroatoms. The molecule has 0 fully saturated rings. The van der Waals surface area contributed by atoms with Crippen LogP contribution in [0, 0.1) is 39.6 Å². The van der Waals surface area contributed by atoms with E-state index in [4.69, 9.17) is 9.72 Å². The minimum Gasteiger partial charge on any atom is -0.503 e. The summed E-state index contributed by atoms with van der Waals surface area (Å²) in [5, 5.41) is 5.70. The number of pyridine rings is 1. The third kappa shape index (κ3) is 4.90. The van der Waals surface area contributed by atoms with Gasteiger partial charge >= 0.3 is 0 Å². The van der Waals surface area contributed by atoms with E-state index in [-0.39, 0.29) is 21.1 Å². The maximum Gasteiger partial charge on any atom is 0.0774 e. The maximum absolute atomic E-state index is 6.59. The first-order valence-electron chi connectivity index (χ1n) is 17.8. The van der Waals surface area contributed by atoms with Gasteiger partial charge in [-0.25, -0.2) is 0 Å². The Hall–Kier alpha value is -5.68. The molecule has 3 aromatic heterocycles. The largest absolute Gasteiger partial charge is 0.503 e. The van der Waals surface area contributed by atoms with Gasteiger partial charge in [-0.3, -0.25) is 4.98 Å². The van der Waals surface area contributed by atoms with E-state index in [1.54, 1.807) is 0 Å². The van der Waals surface area contributed by atoms with Gasteiger partial charge in [0.25, 0.3) is 0 Å². The van der Waals surface area contributed by atoms with Crippen LogP contribution in [0.1, 0.15) is 16.7 Å². The second kappa shape index (κ2) is 12.4. The summed E-state index contributed by atoms with van der Waals surface area (Å²) in [5.74, 6) is 1.22. The van der Waals surface area contributed by atoms with Crippen LogP contribution < -0.4 is 14.5 Å². The van der Waals surface area contributed by atoms with Crippen molar-refractivity contribution in [2.24, 2.45) is 0 Å². The Morgan fingerprint density at radius 2 is 1.37 bits per heavy atom. The molecule has 0 saturated carbocycles. The molecule has 264 valence electrons. The van der Waals surface area contributed by atoms with Crippen molar-refractivity contribution in [3.05, 3.63) is 163 Å². The predicted molar refractivity (Wildman–Crippen MR) is 220 cm³/mol. The van der Waals surface area contributed by atoms with Crippen molar-refractivity contribution >= 4 is 92.6 Å². The van der Waals surface area contributed by atoms with E-state index in [9.17, 15) is 0 Å². The standard InChI is InChI=1S/C47H31N4OS.Pt/c1-28-23-29(2)45(30(3)24-28)50-27-49(40-16-7-8-17-41(40)50)31-11-10-12-32(25-31)52-33-19-20-34-35-21-22-43-44(36-13-4-9-18-42(36)53-43)46(35)51-39-15-6-5-14-38(39)48-47(51)37(34)26-33;/h4-24,27H,1-3H3;/q-3;. The Kier molecular flexibility index (Phi) is 7.59. The molecule has 0 unspecified atom stereocenters. The van der Waals surface area contributed by atoms with Crippen LogP contribution in [-0.4, -0.2) is 9.38 Å². The number of rotatable bonds is 4. The normalized spacial score (nSPS) is 12.8. The first-order chi connectivity index (χ1) is 26.0. The number of ether oxygens (including phenoxy) is 1. The topological polar surface area (TPSA) is 33.0 Å². The molecule has 1 aliphatic rings. The zero-order valence-electron chi connectivity index (χ0n) is 29.6. The van der Waals surface area contributed by atoms with E-state index >= 15 is 0 Å². The first kappa shape index (κ1) is 32.9. The summed E-state index contributed by atoms with van der Waals surface area (Å²) in [7, 11) is 0. The average molecular weight is 895 g/mol. The van der Waals surface area contributed by atoms with Crippen LogP contribution in [-0.2, 0) is 21.1 Å².